The predicted molar refractivity (Wildman–Crippen MR) is 84.9 cm³/mol. The monoisotopic (exact) mass is 400 g/mol. The minimum absolute atomic E-state index is 0.0295. The zero-order valence-electron chi connectivity index (χ0n) is 10.6. The van der Waals surface area contributed by atoms with Crippen molar-refractivity contribution in [1.29, 1.82) is 0 Å². The zero-order valence-corrected chi connectivity index (χ0v) is 12.7. The van der Waals surface area contributed by atoms with Crippen molar-refractivity contribution >= 4 is 45.8 Å². The predicted octanol–water partition coefficient (Wildman–Crippen LogP) is 2.96. The summed E-state index contributed by atoms with van der Waals surface area (Å²) < 4.78 is 13.5. The zero-order chi connectivity index (χ0) is 15.6. The van der Waals surface area contributed by atoms with Crippen molar-refractivity contribution in [2.75, 3.05) is 11.1 Å². The summed E-state index contributed by atoms with van der Waals surface area (Å²) in [5, 5.41) is 11.4. The topological polar surface area (TPSA) is 92.4 Å². The number of carboxylic acid groups (broad SMARTS) is 1. The Kier molecular flexibility index (Phi) is 4.41. The lowest BCUT2D eigenvalue weighted by atomic mass is 10.1. The molecule has 0 aliphatic heterocycles. The Hall–Kier alpha value is -2.16. The highest BCUT2D eigenvalue weighted by molar-refractivity contribution is 14.1. The van der Waals surface area contributed by atoms with Crippen LogP contribution >= 0.6 is 22.6 Å². The highest BCUT2D eigenvalue weighted by Gasteiger charge is 2.13. The summed E-state index contributed by atoms with van der Waals surface area (Å²) in [4.78, 5) is 22.9. The molecule has 0 radical (unpaired) electrons. The number of aromatic carboxylic acids is 1. The van der Waals surface area contributed by atoms with Gasteiger partial charge in [-0.15, -0.1) is 0 Å². The minimum Gasteiger partial charge on any atom is -0.478 e. The molecule has 0 unspecified atom stereocenters. The molecule has 5 nitrogen and oxygen atoms in total. The molecule has 1 amide bonds. The molecule has 0 fully saturated rings. The van der Waals surface area contributed by atoms with E-state index in [4.69, 9.17) is 10.8 Å². The molecule has 2 aromatic carbocycles. The summed E-state index contributed by atoms with van der Waals surface area (Å²) in [5.41, 5.74) is 6.48. The molecule has 2 aromatic rings. The number of carboxylic acids is 1. The van der Waals surface area contributed by atoms with Crippen molar-refractivity contribution in [3.8, 4) is 0 Å². The molecule has 7 heteroatoms. The number of rotatable bonds is 3. The number of anilines is 2. The van der Waals surface area contributed by atoms with Gasteiger partial charge in [0.05, 0.1) is 22.5 Å². The Morgan fingerprint density at radius 3 is 2.48 bits per heavy atom. The fraction of sp³-hybridized carbons (Fsp3) is 0. The largest absolute Gasteiger partial charge is 0.478 e. The summed E-state index contributed by atoms with van der Waals surface area (Å²) in [6, 6.07) is 7.80. The van der Waals surface area contributed by atoms with Gasteiger partial charge in [-0.1, -0.05) is 0 Å². The lowest BCUT2D eigenvalue weighted by molar-refractivity contribution is 0.0697. The molecule has 21 heavy (non-hydrogen) atoms. The van der Waals surface area contributed by atoms with Crippen LogP contribution in [0.15, 0.2) is 36.4 Å². The summed E-state index contributed by atoms with van der Waals surface area (Å²) >= 11 is 1.86. The van der Waals surface area contributed by atoms with E-state index in [-0.39, 0.29) is 11.3 Å². The second-order valence-electron chi connectivity index (χ2n) is 4.19. The summed E-state index contributed by atoms with van der Waals surface area (Å²) in [5.74, 6) is -1.98. The van der Waals surface area contributed by atoms with E-state index in [9.17, 15) is 14.0 Å². The van der Waals surface area contributed by atoms with Gasteiger partial charge in [-0.3, -0.25) is 4.79 Å². The smallest absolute Gasteiger partial charge is 0.335 e. The average molecular weight is 400 g/mol. The molecule has 0 atom stereocenters. The average Bonchev–Trinajstić information content (AvgIpc) is 2.40. The molecule has 0 spiro atoms. The number of amides is 1. The van der Waals surface area contributed by atoms with Crippen LogP contribution < -0.4 is 11.1 Å². The second kappa shape index (κ2) is 6.08. The van der Waals surface area contributed by atoms with E-state index in [1.54, 1.807) is 0 Å². The Bertz CT molecular complexity index is 734. The molecule has 0 saturated heterocycles. The number of hydrogen-bond donors (Lipinski definition) is 3. The van der Waals surface area contributed by atoms with Crippen LogP contribution in [0.2, 0.25) is 0 Å². The van der Waals surface area contributed by atoms with Gasteiger partial charge in [0, 0.05) is 3.57 Å². The van der Waals surface area contributed by atoms with E-state index in [1.165, 1.54) is 36.4 Å². The number of hydrogen-bond acceptors (Lipinski definition) is 3. The van der Waals surface area contributed by atoms with Crippen LogP contribution in [0.5, 0.6) is 0 Å². The van der Waals surface area contributed by atoms with Crippen LogP contribution in [0.4, 0.5) is 15.8 Å². The van der Waals surface area contributed by atoms with Crippen molar-refractivity contribution in [2.24, 2.45) is 0 Å². The minimum atomic E-state index is -1.10. The van der Waals surface area contributed by atoms with Crippen LogP contribution in [0.3, 0.4) is 0 Å². The maximum atomic E-state index is 13.0. The fourth-order valence-electron chi connectivity index (χ4n) is 1.67. The maximum Gasteiger partial charge on any atom is 0.335 e. The molecule has 0 saturated carbocycles. The number of nitrogen functional groups attached to an aromatic ring is 1. The van der Waals surface area contributed by atoms with E-state index in [0.29, 0.717) is 14.8 Å². The van der Waals surface area contributed by atoms with Gasteiger partial charge < -0.3 is 16.2 Å². The number of carbonyl (C=O) groups is 2. The third-order valence-electron chi connectivity index (χ3n) is 2.72. The highest BCUT2D eigenvalue weighted by atomic mass is 127. The first-order valence-corrected chi connectivity index (χ1v) is 6.85. The van der Waals surface area contributed by atoms with Crippen LogP contribution in [0.1, 0.15) is 20.7 Å². The Morgan fingerprint density at radius 2 is 1.90 bits per heavy atom. The third kappa shape index (κ3) is 3.48. The first kappa shape index (κ1) is 15.2. The van der Waals surface area contributed by atoms with E-state index >= 15 is 0 Å². The van der Waals surface area contributed by atoms with Gasteiger partial charge in [0.1, 0.15) is 5.82 Å². The van der Waals surface area contributed by atoms with Gasteiger partial charge in [0.25, 0.3) is 5.91 Å². The van der Waals surface area contributed by atoms with Crippen molar-refractivity contribution in [2.45, 2.75) is 0 Å². The van der Waals surface area contributed by atoms with E-state index in [1.807, 2.05) is 22.6 Å². The van der Waals surface area contributed by atoms with Gasteiger partial charge >= 0.3 is 5.97 Å². The van der Waals surface area contributed by atoms with E-state index < -0.39 is 17.7 Å². The van der Waals surface area contributed by atoms with E-state index in [0.717, 1.165) is 0 Å². The fourth-order valence-corrected chi connectivity index (χ4v) is 2.40. The highest BCUT2D eigenvalue weighted by Crippen LogP contribution is 2.22. The lowest BCUT2D eigenvalue weighted by Gasteiger charge is -2.10. The van der Waals surface area contributed by atoms with Gasteiger partial charge in [-0.05, 0) is 59.0 Å². The number of nitrogens with one attached hydrogen (secondary N) is 1. The van der Waals surface area contributed by atoms with Gasteiger partial charge in [-0.25, -0.2) is 9.18 Å². The van der Waals surface area contributed by atoms with Crippen LogP contribution in [-0.4, -0.2) is 17.0 Å². The van der Waals surface area contributed by atoms with Gasteiger partial charge in [0.2, 0.25) is 0 Å². The molecule has 0 aliphatic rings. The number of carbonyl (C=O) groups excluding carboxylic acids is 1. The first-order chi connectivity index (χ1) is 9.88. The van der Waals surface area contributed by atoms with Crippen LogP contribution in [0.25, 0.3) is 0 Å². The second-order valence-corrected chi connectivity index (χ2v) is 5.35. The van der Waals surface area contributed by atoms with Crippen molar-refractivity contribution in [3.05, 3.63) is 56.9 Å². The molecule has 0 heterocycles. The van der Waals surface area contributed by atoms with Gasteiger partial charge in [0.15, 0.2) is 0 Å². The molecule has 108 valence electrons. The Balaban J connectivity index is 2.25. The maximum absolute atomic E-state index is 13.0. The summed E-state index contributed by atoms with van der Waals surface area (Å²) in [7, 11) is 0. The molecular formula is C14H10FIN2O3. The molecule has 0 aromatic heterocycles. The van der Waals surface area contributed by atoms with Crippen molar-refractivity contribution < 1.29 is 19.1 Å². The molecule has 0 bridgehead atoms. The first-order valence-electron chi connectivity index (χ1n) is 5.77. The van der Waals surface area contributed by atoms with E-state index in [2.05, 4.69) is 5.32 Å². The number of benzene rings is 2. The van der Waals surface area contributed by atoms with Gasteiger partial charge in [-0.2, -0.15) is 0 Å². The molecular weight excluding hydrogens is 390 g/mol. The molecule has 0 aliphatic carbocycles. The quantitative estimate of drug-likeness (QED) is 0.546. The summed E-state index contributed by atoms with van der Waals surface area (Å²) in [6.45, 7) is 0. The molecule has 2 rings (SSSR count). The van der Waals surface area contributed by atoms with Crippen LogP contribution in [-0.2, 0) is 0 Å². The Morgan fingerprint density at radius 1 is 1.19 bits per heavy atom. The Labute approximate surface area is 133 Å². The third-order valence-corrected chi connectivity index (χ3v) is 3.61. The standard InChI is InChI=1S/C14H10FIN2O3/c15-8-2-3-9(10(16)6-8)13(19)18-12-4-1-7(14(20)21)5-11(12)17/h1-6H,17H2,(H,18,19)(H,20,21). The number of halogens is 2. The number of nitrogens with two attached hydrogens (primary N) is 1. The lowest BCUT2D eigenvalue weighted by Crippen LogP contribution is -2.15. The normalized spacial score (nSPS) is 10.2. The van der Waals surface area contributed by atoms with Crippen LogP contribution in [0, 0.1) is 9.39 Å². The summed E-state index contributed by atoms with van der Waals surface area (Å²) in [6.07, 6.45) is 0. The van der Waals surface area contributed by atoms with Crippen molar-refractivity contribution in [1.82, 2.24) is 0 Å². The SMILES string of the molecule is Nc1cc(C(=O)O)ccc1NC(=O)c1ccc(F)cc1I. The molecule has 4 N–H and O–H groups in total. The van der Waals surface area contributed by atoms with Crippen molar-refractivity contribution in [3.63, 3.8) is 0 Å².